The number of hydrogen-bond acceptors (Lipinski definition) is 1. The SMILES string of the molecule is CC(c1ccncc1)C(Cl)CCC1CCCCC1. The quantitative estimate of drug-likeness (QED) is 0.671. The molecule has 0 aromatic carbocycles. The maximum atomic E-state index is 6.56. The van der Waals surface area contributed by atoms with Gasteiger partial charge in [0.2, 0.25) is 0 Å². The maximum absolute atomic E-state index is 6.56. The average molecular weight is 266 g/mol. The lowest BCUT2D eigenvalue weighted by atomic mass is 9.84. The van der Waals surface area contributed by atoms with E-state index in [0.717, 1.165) is 12.3 Å². The van der Waals surface area contributed by atoms with Crippen LogP contribution < -0.4 is 0 Å². The van der Waals surface area contributed by atoms with Crippen LogP contribution in [-0.2, 0) is 0 Å². The molecule has 2 rings (SSSR count). The normalized spacial score (nSPS) is 20.6. The Hall–Kier alpha value is -0.560. The summed E-state index contributed by atoms with van der Waals surface area (Å²) in [4.78, 5) is 4.06. The fraction of sp³-hybridized carbons (Fsp3) is 0.688. The monoisotopic (exact) mass is 265 g/mol. The van der Waals surface area contributed by atoms with Crippen LogP contribution in [0, 0.1) is 5.92 Å². The molecule has 18 heavy (non-hydrogen) atoms. The lowest BCUT2D eigenvalue weighted by Crippen LogP contribution is -2.13. The number of hydrogen-bond donors (Lipinski definition) is 0. The summed E-state index contributed by atoms with van der Waals surface area (Å²) < 4.78 is 0. The number of rotatable bonds is 5. The van der Waals surface area contributed by atoms with Crippen molar-refractivity contribution in [2.45, 2.75) is 63.2 Å². The summed E-state index contributed by atoms with van der Waals surface area (Å²) in [5.41, 5.74) is 1.31. The van der Waals surface area contributed by atoms with Gasteiger partial charge >= 0.3 is 0 Å². The number of halogens is 1. The van der Waals surface area contributed by atoms with Crippen molar-refractivity contribution in [3.63, 3.8) is 0 Å². The maximum Gasteiger partial charge on any atom is 0.0402 e. The van der Waals surface area contributed by atoms with Crippen LogP contribution in [0.5, 0.6) is 0 Å². The van der Waals surface area contributed by atoms with Crippen LogP contribution in [0.25, 0.3) is 0 Å². The predicted molar refractivity (Wildman–Crippen MR) is 78.1 cm³/mol. The summed E-state index contributed by atoms with van der Waals surface area (Å²) in [7, 11) is 0. The number of nitrogens with zero attached hydrogens (tertiary/aromatic N) is 1. The molecule has 2 atom stereocenters. The Morgan fingerprint density at radius 1 is 1.22 bits per heavy atom. The van der Waals surface area contributed by atoms with Gasteiger partial charge < -0.3 is 0 Å². The molecule has 1 aliphatic rings. The van der Waals surface area contributed by atoms with Crippen molar-refractivity contribution in [1.29, 1.82) is 0 Å². The Morgan fingerprint density at radius 2 is 1.89 bits per heavy atom. The first kappa shape index (κ1) is 13.9. The van der Waals surface area contributed by atoms with Crippen LogP contribution in [0.15, 0.2) is 24.5 Å². The molecular weight excluding hydrogens is 242 g/mol. The second-order valence-corrected chi connectivity index (χ2v) is 6.23. The Bertz CT molecular complexity index is 332. The van der Waals surface area contributed by atoms with Crippen molar-refractivity contribution >= 4 is 11.6 Å². The molecule has 0 radical (unpaired) electrons. The minimum Gasteiger partial charge on any atom is -0.265 e. The molecule has 1 aromatic heterocycles. The first-order chi connectivity index (χ1) is 8.77. The summed E-state index contributed by atoms with van der Waals surface area (Å²) in [6.45, 7) is 2.23. The molecule has 100 valence electrons. The Kier molecular flexibility index (Phi) is 5.49. The zero-order chi connectivity index (χ0) is 12.8. The Balaban J connectivity index is 1.78. The molecule has 0 saturated heterocycles. The molecule has 0 aliphatic heterocycles. The van der Waals surface area contributed by atoms with Crippen LogP contribution >= 0.6 is 11.6 Å². The van der Waals surface area contributed by atoms with E-state index in [1.165, 1.54) is 44.1 Å². The highest BCUT2D eigenvalue weighted by atomic mass is 35.5. The topological polar surface area (TPSA) is 12.9 Å². The Morgan fingerprint density at radius 3 is 2.56 bits per heavy atom. The summed E-state index contributed by atoms with van der Waals surface area (Å²) in [5, 5.41) is 0.259. The lowest BCUT2D eigenvalue weighted by Gasteiger charge is -2.24. The largest absolute Gasteiger partial charge is 0.265 e. The summed E-state index contributed by atoms with van der Waals surface area (Å²) in [6.07, 6.45) is 13.3. The van der Waals surface area contributed by atoms with E-state index in [1.54, 1.807) is 0 Å². The fourth-order valence-electron chi connectivity index (χ4n) is 3.00. The highest BCUT2D eigenvalue weighted by molar-refractivity contribution is 6.21. The van der Waals surface area contributed by atoms with Gasteiger partial charge in [-0.15, -0.1) is 11.6 Å². The van der Waals surface area contributed by atoms with E-state index in [1.807, 2.05) is 12.4 Å². The molecule has 0 amide bonds. The van der Waals surface area contributed by atoms with E-state index in [-0.39, 0.29) is 5.38 Å². The van der Waals surface area contributed by atoms with Gasteiger partial charge in [-0.3, -0.25) is 4.98 Å². The van der Waals surface area contributed by atoms with Gasteiger partial charge in [-0.1, -0.05) is 39.0 Å². The van der Waals surface area contributed by atoms with Crippen LogP contribution in [0.1, 0.15) is 63.4 Å². The van der Waals surface area contributed by atoms with E-state index in [4.69, 9.17) is 11.6 Å². The second-order valence-electron chi connectivity index (χ2n) is 5.67. The Labute approximate surface area is 116 Å². The molecule has 1 fully saturated rings. The highest BCUT2D eigenvalue weighted by Crippen LogP contribution is 2.32. The van der Waals surface area contributed by atoms with Crippen molar-refractivity contribution in [3.05, 3.63) is 30.1 Å². The first-order valence-electron chi connectivity index (χ1n) is 7.31. The zero-order valence-corrected chi connectivity index (χ0v) is 12.1. The number of pyridine rings is 1. The molecule has 1 aromatic rings. The lowest BCUT2D eigenvalue weighted by molar-refractivity contribution is 0.328. The fourth-order valence-corrected chi connectivity index (χ4v) is 3.27. The molecule has 1 heterocycles. The van der Waals surface area contributed by atoms with Crippen LogP contribution in [0.4, 0.5) is 0 Å². The average Bonchev–Trinajstić information content (AvgIpc) is 2.46. The van der Waals surface area contributed by atoms with Gasteiger partial charge in [-0.2, -0.15) is 0 Å². The van der Waals surface area contributed by atoms with E-state index < -0.39 is 0 Å². The van der Waals surface area contributed by atoms with Crippen LogP contribution in [0.3, 0.4) is 0 Å². The van der Waals surface area contributed by atoms with Gasteiger partial charge in [-0.25, -0.2) is 0 Å². The first-order valence-corrected chi connectivity index (χ1v) is 7.75. The third kappa shape index (κ3) is 3.98. The third-order valence-corrected chi connectivity index (χ3v) is 4.95. The van der Waals surface area contributed by atoms with Gasteiger partial charge in [0.25, 0.3) is 0 Å². The van der Waals surface area contributed by atoms with E-state index in [2.05, 4.69) is 24.0 Å². The van der Waals surface area contributed by atoms with Crippen molar-refractivity contribution in [3.8, 4) is 0 Å². The number of aromatic nitrogens is 1. The van der Waals surface area contributed by atoms with Gasteiger partial charge in [0.15, 0.2) is 0 Å². The van der Waals surface area contributed by atoms with Crippen molar-refractivity contribution in [2.24, 2.45) is 5.92 Å². The van der Waals surface area contributed by atoms with Crippen LogP contribution in [0.2, 0.25) is 0 Å². The summed E-state index contributed by atoms with van der Waals surface area (Å²) in [6, 6.07) is 4.17. The molecule has 0 bridgehead atoms. The third-order valence-electron chi connectivity index (χ3n) is 4.35. The summed E-state index contributed by atoms with van der Waals surface area (Å²) >= 11 is 6.56. The van der Waals surface area contributed by atoms with E-state index in [0.29, 0.717) is 5.92 Å². The molecular formula is C16H24ClN. The molecule has 1 aliphatic carbocycles. The minimum absolute atomic E-state index is 0.259. The smallest absolute Gasteiger partial charge is 0.0402 e. The minimum atomic E-state index is 0.259. The van der Waals surface area contributed by atoms with E-state index in [9.17, 15) is 0 Å². The number of alkyl halides is 1. The molecule has 1 nitrogen and oxygen atoms in total. The van der Waals surface area contributed by atoms with Crippen LogP contribution in [-0.4, -0.2) is 10.4 Å². The molecule has 0 spiro atoms. The van der Waals surface area contributed by atoms with E-state index >= 15 is 0 Å². The second kappa shape index (κ2) is 7.13. The van der Waals surface area contributed by atoms with Crippen molar-refractivity contribution in [1.82, 2.24) is 4.98 Å². The summed E-state index contributed by atoms with van der Waals surface area (Å²) in [5.74, 6) is 1.36. The van der Waals surface area contributed by atoms with Crippen molar-refractivity contribution in [2.75, 3.05) is 0 Å². The molecule has 2 unspecified atom stereocenters. The molecule has 2 heteroatoms. The van der Waals surface area contributed by atoms with Gasteiger partial charge in [0.1, 0.15) is 0 Å². The van der Waals surface area contributed by atoms with Gasteiger partial charge in [0, 0.05) is 17.8 Å². The standard InChI is InChI=1S/C16H24ClN/c1-13(15-9-11-18-12-10-15)16(17)8-7-14-5-3-2-4-6-14/h9-14,16H,2-8H2,1H3. The van der Waals surface area contributed by atoms with Gasteiger partial charge in [-0.05, 0) is 42.4 Å². The zero-order valence-electron chi connectivity index (χ0n) is 11.3. The highest BCUT2D eigenvalue weighted by Gasteiger charge is 2.19. The predicted octanol–water partition coefficient (Wildman–Crippen LogP) is 5.15. The van der Waals surface area contributed by atoms with Gasteiger partial charge in [0.05, 0.1) is 0 Å². The molecule has 0 N–H and O–H groups in total. The molecule has 1 saturated carbocycles. The van der Waals surface area contributed by atoms with Crippen molar-refractivity contribution < 1.29 is 0 Å².